The Morgan fingerprint density at radius 2 is 1.10 bits per heavy atom. The molecule has 0 aromatic carbocycles. The van der Waals surface area contributed by atoms with Crippen molar-refractivity contribution in [3.8, 4) is 0 Å². The van der Waals surface area contributed by atoms with Gasteiger partial charge in [0.1, 0.15) is 0 Å². The summed E-state index contributed by atoms with van der Waals surface area (Å²) in [5, 5.41) is 0. The van der Waals surface area contributed by atoms with Gasteiger partial charge in [-0.2, -0.15) is 0 Å². The van der Waals surface area contributed by atoms with E-state index in [4.69, 9.17) is 0 Å². The lowest BCUT2D eigenvalue weighted by atomic mass is 10.3. The Hall–Kier alpha value is -1.18. The van der Waals surface area contributed by atoms with E-state index in [0.29, 0.717) is 0 Å². The number of rotatable bonds is 0. The van der Waals surface area contributed by atoms with Crippen molar-refractivity contribution in [3.63, 3.8) is 0 Å². The van der Waals surface area contributed by atoms with Gasteiger partial charge in [0.2, 0.25) is 0 Å². The predicted octanol–water partition coefficient (Wildman–Crippen LogP) is 2.82. The zero-order valence-corrected chi connectivity index (χ0v) is 5.22. The van der Waals surface area contributed by atoms with Crippen LogP contribution in [0.2, 0.25) is 0 Å². The molecule has 0 aromatic rings. The minimum absolute atomic E-state index is 0.833. The number of allylic oxidation sites excluding steroid dienone is 8. The molecule has 0 radical (unpaired) electrons. The zero-order chi connectivity index (χ0) is 7.40. The van der Waals surface area contributed by atoms with Gasteiger partial charge in [-0.05, 0) is 12.2 Å². The molecule has 0 N–H and O–H groups in total. The van der Waals surface area contributed by atoms with Crippen LogP contribution in [0.5, 0.6) is 0 Å². The van der Waals surface area contributed by atoms with Crippen LogP contribution in [0.3, 0.4) is 0 Å². The Morgan fingerprint density at radius 1 is 0.700 bits per heavy atom. The molecule has 52 valence electrons. The Labute approximate surface area is 57.9 Å². The van der Waals surface area contributed by atoms with Crippen molar-refractivity contribution < 1.29 is 8.78 Å². The third-order valence-electron chi connectivity index (χ3n) is 1.05. The first-order valence-electron chi connectivity index (χ1n) is 2.87. The summed E-state index contributed by atoms with van der Waals surface area (Å²) in [6, 6.07) is 0. The van der Waals surface area contributed by atoms with Gasteiger partial charge in [-0.3, -0.25) is 0 Å². The fourth-order valence-electron chi connectivity index (χ4n) is 0.568. The van der Waals surface area contributed by atoms with E-state index in [1.165, 1.54) is 12.2 Å². The molecule has 0 heterocycles. The van der Waals surface area contributed by atoms with E-state index in [9.17, 15) is 8.78 Å². The van der Waals surface area contributed by atoms with Crippen LogP contribution in [0.15, 0.2) is 48.1 Å². The Kier molecular flexibility index (Phi) is 2.15. The summed E-state index contributed by atoms with van der Waals surface area (Å²) in [6.45, 7) is 0. The molecular weight excluding hydrogens is 134 g/mol. The Morgan fingerprint density at radius 3 is 1.50 bits per heavy atom. The molecule has 2 heteroatoms. The van der Waals surface area contributed by atoms with Crippen LogP contribution in [-0.2, 0) is 0 Å². The Bertz CT molecular complexity index is 208. The van der Waals surface area contributed by atoms with E-state index in [1.54, 1.807) is 12.2 Å². The van der Waals surface area contributed by atoms with Gasteiger partial charge in [-0.25, -0.2) is 8.78 Å². The van der Waals surface area contributed by atoms with Crippen LogP contribution in [0, 0.1) is 0 Å². The van der Waals surface area contributed by atoms with Crippen molar-refractivity contribution in [1.29, 1.82) is 0 Å². The highest BCUT2D eigenvalue weighted by molar-refractivity contribution is 5.30. The lowest BCUT2D eigenvalue weighted by molar-refractivity contribution is 0.573. The standard InChI is InChI=1S/C8H6F2/c9-7-5-3-1-2-4-6-8(7)10/h1-6H/b2-1-,3-1?,4-2?,5-3-,6-4-,7-5?,8-6?,8-7-. The molecule has 0 unspecified atom stereocenters. The van der Waals surface area contributed by atoms with Gasteiger partial charge < -0.3 is 0 Å². The summed E-state index contributed by atoms with van der Waals surface area (Å²) < 4.78 is 24.7. The summed E-state index contributed by atoms with van der Waals surface area (Å²) >= 11 is 0. The van der Waals surface area contributed by atoms with Gasteiger partial charge in [0, 0.05) is 0 Å². The van der Waals surface area contributed by atoms with Gasteiger partial charge >= 0.3 is 0 Å². The third-order valence-corrected chi connectivity index (χ3v) is 1.05. The maximum Gasteiger partial charge on any atom is 0.158 e. The molecule has 0 fully saturated rings. The van der Waals surface area contributed by atoms with Crippen LogP contribution in [0.25, 0.3) is 0 Å². The highest BCUT2D eigenvalue weighted by atomic mass is 19.2. The van der Waals surface area contributed by atoms with Crippen molar-refractivity contribution in [3.05, 3.63) is 48.1 Å². The van der Waals surface area contributed by atoms with Gasteiger partial charge in [0.05, 0.1) is 0 Å². The van der Waals surface area contributed by atoms with Crippen molar-refractivity contribution >= 4 is 0 Å². The first-order chi connectivity index (χ1) is 4.80. The normalized spacial score (nSPS) is 34.2. The number of hydrogen-bond acceptors (Lipinski definition) is 0. The van der Waals surface area contributed by atoms with Crippen LogP contribution >= 0.6 is 0 Å². The smallest absolute Gasteiger partial charge is 0.158 e. The average Bonchev–Trinajstić information content (AvgIpc) is 1.92. The molecule has 0 saturated heterocycles. The summed E-state index contributed by atoms with van der Waals surface area (Å²) in [5.74, 6) is -1.67. The molecule has 1 aliphatic carbocycles. The van der Waals surface area contributed by atoms with Gasteiger partial charge in [-0.1, -0.05) is 24.3 Å². The van der Waals surface area contributed by atoms with Crippen molar-refractivity contribution in [2.75, 3.05) is 0 Å². The van der Waals surface area contributed by atoms with Crippen LogP contribution in [-0.4, -0.2) is 0 Å². The highest BCUT2D eigenvalue weighted by Crippen LogP contribution is 2.12. The van der Waals surface area contributed by atoms with E-state index in [2.05, 4.69) is 0 Å². The van der Waals surface area contributed by atoms with E-state index in [1.807, 2.05) is 0 Å². The fourth-order valence-corrected chi connectivity index (χ4v) is 0.568. The monoisotopic (exact) mass is 140 g/mol. The summed E-state index contributed by atoms with van der Waals surface area (Å²) in [4.78, 5) is 0. The van der Waals surface area contributed by atoms with Gasteiger partial charge in [-0.15, -0.1) is 0 Å². The van der Waals surface area contributed by atoms with E-state index in [-0.39, 0.29) is 0 Å². The fraction of sp³-hybridized carbons (Fsp3) is 0. The Balaban J connectivity index is 2.93. The maximum absolute atomic E-state index is 12.4. The second-order valence-electron chi connectivity index (χ2n) is 1.80. The maximum atomic E-state index is 12.4. The molecule has 0 amide bonds. The molecule has 10 heavy (non-hydrogen) atoms. The largest absolute Gasteiger partial charge is 0.204 e. The number of halogens is 2. The predicted molar refractivity (Wildman–Crippen MR) is 36.7 cm³/mol. The minimum atomic E-state index is -0.833. The summed E-state index contributed by atoms with van der Waals surface area (Å²) in [5.41, 5.74) is 0. The second kappa shape index (κ2) is 3.11. The molecule has 0 aliphatic heterocycles. The molecule has 1 aliphatic rings. The number of hydrogen-bond donors (Lipinski definition) is 0. The van der Waals surface area contributed by atoms with Crippen molar-refractivity contribution in [2.45, 2.75) is 0 Å². The van der Waals surface area contributed by atoms with E-state index < -0.39 is 11.7 Å². The summed E-state index contributed by atoms with van der Waals surface area (Å²) in [6.07, 6.45) is 8.30. The molecular formula is C8H6F2. The van der Waals surface area contributed by atoms with E-state index >= 15 is 0 Å². The molecule has 0 nitrogen and oxygen atoms in total. The zero-order valence-electron chi connectivity index (χ0n) is 5.22. The molecule has 0 aromatic heterocycles. The first-order valence-corrected chi connectivity index (χ1v) is 2.87. The molecule has 0 atom stereocenters. The van der Waals surface area contributed by atoms with Crippen LogP contribution in [0.1, 0.15) is 0 Å². The van der Waals surface area contributed by atoms with E-state index in [0.717, 1.165) is 12.2 Å². The lowest BCUT2D eigenvalue weighted by Gasteiger charge is -1.89. The SMILES string of the molecule is FC1=C(F)/C=C\C=C/C=C\1. The molecule has 1 rings (SSSR count). The van der Waals surface area contributed by atoms with Crippen LogP contribution < -0.4 is 0 Å². The summed E-state index contributed by atoms with van der Waals surface area (Å²) in [7, 11) is 0. The second-order valence-corrected chi connectivity index (χ2v) is 1.80. The van der Waals surface area contributed by atoms with Crippen LogP contribution in [0.4, 0.5) is 8.78 Å². The highest BCUT2D eigenvalue weighted by Gasteiger charge is 1.96. The van der Waals surface area contributed by atoms with Crippen molar-refractivity contribution in [2.24, 2.45) is 0 Å². The molecule has 0 bridgehead atoms. The van der Waals surface area contributed by atoms with Gasteiger partial charge in [0.25, 0.3) is 0 Å². The first kappa shape index (κ1) is 6.93. The average molecular weight is 140 g/mol. The molecule has 0 saturated carbocycles. The minimum Gasteiger partial charge on any atom is -0.204 e. The topological polar surface area (TPSA) is 0 Å². The molecule has 0 spiro atoms. The lowest BCUT2D eigenvalue weighted by Crippen LogP contribution is -1.73. The quantitative estimate of drug-likeness (QED) is 0.485. The van der Waals surface area contributed by atoms with Crippen molar-refractivity contribution in [1.82, 2.24) is 0 Å². The third kappa shape index (κ3) is 1.65. The van der Waals surface area contributed by atoms with Gasteiger partial charge in [0.15, 0.2) is 11.7 Å².